The van der Waals surface area contributed by atoms with Crippen molar-refractivity contribution in [3.05, 3.63) is 0 Å². The van der Waals surface area contributed by atoms with E-state index in [1.165, 1.54) is 27.7 Å². The van der Waals surface area contributed by atoms with Crippen LogP contribution in [0, 0.1) is 0 Å². The van der Waals surface area contributed by atoms with Gasteiger partial charge >= 0.3 is 12.4 Å². The maximum absolute atomic E-state index is 13.0. The van der Waals surface area contributed by atoms with Crippen molar-refractivity contribution in [3.63, 3.8) is 0 Å². The van der Waals surface area contributed by atoms with Crippen LogP contribution in [0.1, 0.15) is 53.4 Å². The minimum atomic E-state index is -5.49. The van der Waals surface area contributed by atoms with Gasteiger partial charge in [0.1, 0.15) is 0 Å². The van der Waals surface area contributed by atoms with Crippen molar-refractivity contribution >= 4 is 0 Å². The zero-order valence-electron chi connectivity index (χ0n) is 11.5. The summed E-state index contributed by atoms with van der Waals surface area (Å²) in [5, 5.41) is 0. The Kier molecular flexibility index (Phi) is 5.75. The molecule has 0 heterocycles. The van der Waals surface area contributed by atoms with Gasteiger partial charge in [-0.2, -0.15) is 26.3 Å². The molecule has 0 fully saturated rings. The number of alkyl halides is 6. The van der Waals surface area contributed by atoms with Crippen molar-refractivity contribution in [3.8, 4) is 0 Å². The molecule has 0 aliphatic rings. The number of unbranched alkanes of at least 4 members (excludes halogenated alkanes) is 1. The molecule has 0 aromatic carbocycles. The molecule has 116 valence electrons. The predicted molar refractivity (Wildman–Crippen MR) is 59.8 cm³/mol. The van der Waals surface area contributed by atoms with Gasteiger partial charge in [0.2, 0.25) is 0 Å². The van der Waals surface area contributed by atoms with Gasteiger partial charge in [-0.05, 0) is 26.7 Å². The molecular weight excluding hydrogens is 274 g/mol. The summed E-state index contributed by atoms with van der Waals surface area (Å²) in [6, 6.07) is 0. The average molecular weight is 294 g/mol. The third-order valence-electron chi connectivity index (χ3n) is 3.10. The van der Waals surface area contributed by atoms with Gasteiger partial charge in [-0.1, -0.05) is 26.7 Å². The zero-order valence-corrected chi connectivity index (χ0v) is 11.5. The number of hydrogen-bond donors (Lipinski definition) is 0. The molecule has 0 bridgehead atoms. The van der Waals surface area contributed by atoms with Crippen LogP contribution in [0.25, 0.3) is 0 Å². The number of rotatable bonds is 6. The van der Waals surface area contributed by atoms with Crippen LogP contribution in [0.2, 0.25) is 0 Å². The van der Waals surface area contributed by atoms with Crippen molar-refractivity contribution in [2.75, 3.05) is 0 Å². The average Bonchev–Trinajstić information content (AvgIpc) is 2.20. The fourth-order valence-corrected chi connectivity index (χ4v) is 1.58. The first kappa shape index (κ1) is 18.5. The van der Waals surface area contributed by atoms with E-state index in [0.29, 0.717) is 0 Å². The second-order valence-corrected chi connectivity index (χ2v) is 5.14. The molecule has 1 nitrogen and oxygen atoms in total. The summed E-state index contributed by atoms with van der Waals surface area (Å²) in [5.41, 5.74) is -5.59. The third kappa shape index (κ3) is 4.26. The Bertz CT molecular complexity index is 265. The standard InChI is InChI=1S/C12H20F6O/c1-5-7-8-10(11(13,14)15,12(16,17)18)19-9(3,4)6-2/h5-8H2,1-4H3. The summed E-state index contributed by atoms with van der Waals surface area (Å²) in [6.45, 7) is 5.47. The van der Waals surface area contributed by atoms with Crippen molar-refractivity contribution in [2.45, 2.75) is 76.9 Å². The van der Waals surface area contributed by atoms with E-state index in [-0.39, 0.29) is 19.3 Å². The van der Waals surface area contributed by atoms with Gasteiger partial charge < -0.3 is 4.74 Å². The minimum absolute atomic E-state index is 0.0486. The highest BCUT2D eigenvalue weighted by atomic mass is 19.4. The van der Waals surface area contributed by atoms with Gasteiger partial charge in [0.05, 0.1) is 5.60 Å². The SMILES string of the molecule is CCCCC(OC(C)(C)CC)(C(F)(F)F)C(F)(F)F. The first-order valence-electron chi connectivity index (χ1n) is 6.16. The molecule has 7 heteroatoms. The van der Waals surface area contributed by atoms with Crippen LogP contribution < -0.4 is 0 Å². The molecule has 0 aromatic heterocycles. The summed E-state index contributed by atoms with van der Waals surface area (Å²) < 4.78 is 82.7. The predicted octanol–water partition coefficient (Wildman–Crippen LogP) is 5.25. The van der Waals surface area contributed by atoms with E-state index in [4.69, 9.17) is 0 Å². The fraction of sp³-hybridized carbons (Fsp3) is 1.00. The molecule has 0 rings (SSSR count). The third-order valence-corrected chi connectivity index (χ3v) is 3.10. The smallest absolute Gasteiger partial charge is 0.352 e. The summed E-state index contributed by atoms with van der Waals surface area (Å²) in [5.74, 6) is 0. The molecule has 0 aliphatic carbocycles. The molecular formula is C12H20F6O. The molecule has 0 N–H and O–H groups in total. The van der Waals surface area contributed by atoms with Crippen LogP contribution in [0.3, 0.4) is 0 Å². The van der Waals surface area contributed by atoms with Crippen molar-refractivity contribution < 1.29 is 31.1 Å². The minimum Gasteiger partial charge on any atom is -0.352 e. The van der Waals surface area contributed by atoms with E-state index in [1.807, 2.05) is 0 Å². The number of hydrogen-bond acceptors (Lipinski definition) is 1. The Morgan fingerprint density at radius 1 is 0.842 bits per heavy atom. The number of ether oxygens (including phenoxy) is 1. The van der Waals surface area contributed by atoms with Gasteiger partial charge in [-0.25, -0.2) is 0 Å². The second kappa shape index (κ2) is 5.89. The Morgan fingerprint density at radius 2 is 1.26 bits per heavy atom. The maximum Gasteiger partial charge on any atom is 0.426 e. The van der Waals surface area contributed by atoms with Crippen LogP contribution in [-0.2, 0) is 4.74 Å². The lowest BCUT2D eigenvalue weighted by Crippen LogP contribution is -2.61. The highest BCUT2D eigenvalue weighted by Crippen LogP contribution is 2.51. The summed E-state index contributed by atoms with van der Waals surface area (Å²) >= 11 is 0. The fourth-order valence-electron chi connectivity index (χ4n) is 1.58. The van der Waals surface area contributed by atoms with E-state index in [9.17, 15) is 26.3 Å². The molecule has 0 aromatic rings. The van der Waals surface area contributed by atoms with Gasteiger partial charge in [-0.3, -0.25) is 0 Å². The molecule has 0 aliphatic heterocycles. The van der Waals surface area contributed by atoms with Gasteiger partial charge in [0, 0.05) is 0 Å². The Hall–Kier alpha value is -0.460. The molecule has 0 radical (unpaired) electrons. The van der Waals surface area contributed by atoms with Crippen molar-refractivity contribution in [1.29, 1.82) is 0 Å². The topological polar surface area (TPSA) is 9.23 Å². The first-order chi connectivity index (χ1) is 8.33. The summed E-state index contributed by atoms with van der Waals surface area (Å²) in [6.07, 6.45) is -12.0. The molecule has 0 atom stereocenters. The molecule has 0 unspecified atom stereocenters. The van der Waals surface area contributed by atoms with E-state index >= 15 is 0 Å². The summed E-state index contributed by atoms with van der Waals surface area (Å²) in [7, 11) is 0. The van der Waals surface area contributed by atoms with E-state index in [1.54, 1.807) is 0 Å². The highest BCUT2D eigenvalue weighted by molar-refractivity contribution is 4.98. The van der Waals surface area contributed by atoms with Crippen LogP contribution in [0.5, 0.6) is 0 Å². The number of halogens is 6. The van der Waals surface area contributed by atoms with Gasteiger partial charge in [-0.15, -0.1) is 0 Å². The van der Waals surface area contributed by atoms with Crippen LogP contribution in [-0.4, -0.2) is 23.6 Å². The van der Waals surface area contributed by atoms with Crippen LogP contribution in [0.15, 0.2) is 0 Å². The van der Waals surface area contributed by atoms with E-state index in [2.05, 4.69) is 4.74 Å². The van der Waals surface area contributed by atoms with Crippen LogP contribution in [0.4, 0.5) is 26.3 Å². The van der Waals surface area contributed by atoms with Crippen molar-refractivity contribution in [1.82, 2.24) is 0 Å². The Balaban J connectivity index is 5.65. The van der Waals surface area contributed by atoms with Crippen molar-refractivity contribution in [2.24, 2.45) is 0 Å². The van der Waals surface area contributed by atoms with Gasteiger partial charge in [0.15, 0.2) is 0 Å². The first-order valence-corrected chi connectivity index (χ1v) is 6.16. The molecule has 0 saturated heterocycles. The second-order valence-electron chi connectivity index (χ2n) is 5.14. The molecule has 19 heavy (non-hydrogen) atoms. The van der Waals surface area contributed by atoms with Gasteiger partial charge in [0.25, 0.3) is 5.60 Å². The zero-order chi connectivity index (χ0) is 15.5. The lowest BCUT2D eigenvalue weighted by atomic mass is 9.92. The summed E-state index contributed by atoms with van der Waals surface area (Å²) in [4.78, 5) is 0. The molecule has 0 saturated carbocycles. The quantitative estimate of drug-likeness (QED) is 0.608. The highest BCUT2D eigenvalue weighted by Gasteiger charge is 2.72. The normalized spacial score (nSPS) is 14.8. The Labute approximate surface area is 109 Å². The molecule has 0 amide bonds. The van der Waals surface area contributed by atoms with E-state index < -0.39 is 30.0 Å². The maximum atomic E-state index is 13.0. The lowest BCUT2D eigenvalue weighted by Gasteiger charge is -2.42. The largest absolute Gasteiger partial charge is 0.426 e. The molecule has 0 spiro atoms. The lowest BCUT2D eigenvalue weighted by molar-refractivity contribution is -0.402. The van der Waals surface area contributed by atoms with Crippen LogP contribution >= 0.6 is 0 Å². The Morgan fingerprint density at radius 3 is 1.53 bits per heavy atom. The monoisotopic (exact) mass is 294 g/mol. The van der Waals surface area contributed by atoms with E-state index in [0.717, 1.165) is 0 Å².